The molecule has 12 heavy (non-hydrogen) atoms. The van der Waals surface area contributed by atoms with E-state index in [9.17, 15) is 0 Å². The fourth-order valence-electron chi connectivity index (χ4n) is 0.707. The third-order valence-electron chi connectivity index (χ3n) is 1.24. The summed E-state index contributed by atoms with van der Waals surface area (Å²) in [7, 11) is 1.50. The van der Waals surface area contributed by atoms with Crippen LogP contribution in [0.2, 0.25) is 0 Å². The fourth-order valence-corrected chi connectivity index (χ4v) is 0.707. The highest BCUT2D eigenvalue weighted by Gasteiger charge is 1.95. The molecular formula is C10H15NO. The molecule has 0 aliphatic carbocycles. The Morgan fingerprint density at radius 1 is 1.17 bits per heavy atom. The molecule has 0 amide bonds. The summed E-state index contributed by atoms with van der Waals surface area (Å²) in [6, 6.07) is 9.34. The standard InChI is InChI=1S/C8H9NO.C2H6/c1-10-8(9)7-5-3-2-4-6-7;1-2/h2-6,9H,1H3;1-2H3. The van der Waals surface area contributed by atoms with Crippen LogP contribution in [-0.2, 0) is 4.74 Å². The number of rotatable bonds is 1. The third-order valence-corrected chi connectivity index (χ3v) is 1.24. The summed E-state index contributed by atoms with van der Waals surface area (Å²) < 4.78 is 4.72. The Bertz CT molecular complexity index is 219. The maximum Gasteiger partial charge on any atom is 0.212 e. The van der Waals surface area contributed by atoms with Crippen LogP contribution in [0.15, 0.2) is 30.3 Å². The van der Waals surface area contributed by atoms with Gasteiger partial charge in [0.25, 0.3) is 0 Å². The normalized spacial score (nSPS) is 7.92. The lowest BCUT2D eigenvalue weighted by atomic mass is 10.2. The summed E-state index contributed by atoms with van der Waals surface area (Å²) >= 11 is 0. The second-order valence-corrected chi connectivity index (χ2v) is 1.90. The number of ether oxygens (including phenoxy) is 1. The predicted molar refractivity (Wildman–Crippen MR) is 51.6 cm³/mol. The highest BCUT2D eigenvalue weighted by atomic mass is 16.5. The second kappa shape index (κ2) is 6.40. The Morgan fingerprint density at radius 2 is 1.67 bits per heavy atom. The number of methoxy groups -OCH3 is 1. The lowest BCUT2D eigenvalue weighted by Gasteiger charge is -1.99. The summed E-state index contributed by atoms with van der Waals surface area (Å²) in [4.78, 5) is 0. The van der Waals surface area contributed by atoms with E-state index in [1.165, 1.54) is 7.11 Å². The van der Waals surface area contributed by atoms with Crippen LogP contribution in [-0.4, -0.2) is 13.0 Å². The Labute approximate surface area is 73.7 Å². The van der Waals surface area contributed by atoms with Gasteiger partial charge in [-0.05, 0) is 12.1 Å². The molecule has 2 nitrogen and oxygen atoms in total. The van der Waals surface area contributed by atoms with E-state index in [2.05, 4.69) is 0 Å². The van der Waals surface area contributed by atoms with Gasteiger partial charge in [-0.1, -0.05) is 32.0 Å². The Hall–Kier alpha value is -1.31. The number of benzene rings is 1. The first-order chi connectivity index (χ1) is 5.84. The van der Waals surface area contributed by atoms with Crippen LogP contribution in [0.25, 0.3) is 0 Å². The van der Waals surface area contributed by atoms with Gasteiger partial charge < -0.3 is 4.74 Å². The molecule has 1 aromatic carbocycles. The Kier molecular flexibility index (Phi) is 5.70. The van der Waals surface area contributed by atoms with Crippen LogP contribution in [0.1, 0.15) is 19.4 Å². The molecule has 0 aliphatic rings. The van der Waals surface area contributed by atoms with Crippen molar-refractivity contribution in [3.63, 3.8) is 0 Å². The summed E-state index contributed by atoms with van der Waals surface area (Å²) in [6.45, 7) is 4.00. The number of hydrogen-bond acceptors (Lipinski definition) is 2. The van der Waals surface area contributed by atoms with Crippen LogP contribution < -0.4 is 0 Å². The van der Waals surface area contributed by atoms with Gasteiger partial charge in [0.05, 0.1) is 7.11 Å². The SMILES string of the molecule is CC.COC(=N)c1ccccc1. The zero-order valence-corrected chi connectivity index (χ0v) is 7.79. The van der Waals surface area contributed by atoms with Gasteiger partial charge in [-0.3, -0.25) is 5.41 Å². The maximum atomic E-state index is 7.26. The average molecular weight is 165 g/mol. The Morgan fingerprint density at radius 3 is 2.08 bits per heavy atom. The first-order valence-corrected chi connectivity index (χ1v) is 4.02. The van der Waals surface area contributed by atoms with Crippen molar-refractivity contribution in [3.05, 3.63) is 35.9 Å². The monoisotopic (exact) mass is 165 g/mol. The highest BCUT2D eigenvalue weighted by molar-refractivity contribution is 5.91. The summed E-state index contributed by atoms with van der Waals surface area (Å²) in [5.41, 5.74) is 0.810. The molecule has 0 bridgehead atoms. The average Bonchev–Trinajstić information content (AvgIpc) is 2.21. The molecule has 66 valence electrons. The van der Waals surface area contributed by atoms with Gasteiger partial charge in [0.1, 0.15) is 0 Å². The van der Waals surface area contributed by atoms with E-state index in [0.29, 0.717) is 0 Å². The van der Waals surface area contributed by atoms with Crippen molar-refractivity contribution >= 4 is 5.90 Å². The van der Waals surface area contributed by atoms with Gasteiger partial charge >= 0.3 is 0 Å². The van der Waals surface area contributed by atoms with Gasteiger partial charge in [0.2, 0.25) is 5.90 Å². The summed E-state index contributed by atoms with van der Waals surface area (Å²) in [6.07, 6.45) is 0. The van der Waals surface area contributed by atoms with E-state index in [0.717, 1.165) is 5.56 Å². The maximum absolute atomic E-state index is 7.26. The van der Waals surface area contributed by atoms with E-state index in [1.807, 2.05) is 44.2 Å². The van der Waals surface area contributed by atoms with Gasteiger partial charge in [-0.25, -0.2) is 0 Å². The smallest absolute Gasteiger partial charge is 0.212 e. The van der Waals surface area contributed by atoms with Gasteiger partial charge in [-0.15, -0.1) is 0 Å². The predicted octanol–water partition coefficient (Wildman–Crippen LogP) is 2.68. The van der Waals surface area contributed by atoms with Gasteiger partial charge in [0, 0.05) is 5.56 Å². The van der Waals surface area contributed by atoms with E-state index in [1.54, 1.807) is 0 Å². The van der Waals surface area contributed by atoms with Crippen LogP contribution in [0.5, 0.6) is 0 Å². The van der Waals surface area contributed by atoms with Crippen molar-refractivity contribution in [2.24, 2.45) is 0 Å². The summed E-state index contributed by atoms with van der Waals surface area (Å²) in [5, 5.41) is 7.26. The molecule has 0 saturated carbocycles. The molecule has 0 fully saturated rings. The van der Waals surface area contributed by atoms with Crippen LogP contribution >= 0.6 is 0 Å². The molecule has 1 N–H and O–H groups in total. The largest absolute Gasteiger partial charge is 0.481 e. The molecule has 0 aliphatic heterocycles. The molecule has 2 heteroatoms. The topological polar surface area (TPSA) is 33.1 Å². The molecular weight excluding hydrogens is 150 g/mol. The van der Waals surface area contributed by atoms with Crippen LogP contribution in [0.3, 0.4) is 0 Å². The number of nitrogens with one attached hydrogen (secondary N) is 1. The first kappa shape index (κ1) is 10.7. The van der Waals surface area contributed by atoms with Gasteiger partial charge in [-0.2, -0.15) is 0 Å². The van der Waals surface area contributed by atoms with Crippen molar-refractivity contribution in [1.82, 2.24) is 0 Å². The molecule has 0 aromatic heterocycles. The zero-order chi connectivity index (χ0) is 9.40. The van der Waals surface area contributed by atoms with Crippen molar-refractivity contribution < 1.29 is 4.74 Å². The molecule has 0 spiro atoms. The summed E-state index contributed by atoms with van der Waals surface area (Å²) in [5.74, 6) is 0.209. The Balaban J connectivity index is 0.000000561. The minimum Gasteiger partial charge on any atom is -0.481 e. The second-order valence-electron chi connectivity index (χ2n) is 1.90. The molecule has 0 atom stereocenters. The molecule has 1 rings (SSSR count). The fraction of sp³-hybridized carbons (Fsp3) is 0.300. The van der Waals surface area contributed by atoms with E-state index < -0.39 is 0 Å². The quantitative estimate of drug-likeness (QED) is 0.503. The highest BCUT2D eigenvalue weighted by Crippen LogP contribution is 1.98. The zero-order valence-electron chi connectivity index (χ0n) is 7.79. The molecule has 0 unspecified atom stereocenters. The molecule has 0 saturated heterocycles. The van der Waals surface area contributed by atoms with Crippen LogP contribution in [0, 0.1) is 5.41 Å². The minimum absolute atomic E-state index is 0.209. The van der Waals surface area contributed by atoms with Gasteiger partial charge in [0.15, 0.2) is 0 Å². The molecule has 1 aromatic rings. The molecule has 0 radical (unpaired) electrons. The van der Waals surface area contributed by atoms with Crippen LogP contribution in [0.4, 0.5) is 0 Å². The van der Waals surface area contributed by atoms with Crippen molar-refractivity contribution in [2.75, 3.05) is 7.11 Å². The third kappa shape index (κ3) is 3.19. The van der Waals surface area contributed by atoms with E-state index >= 15 is 0 Å². The van der Waals surface area contributed by atoms with Crippen molar-refractivity contribution in [2.45, 2.75) is 13.8 Å². The lowest BCUT2D eigenvalue weighted by Crippen LogP contribution is -1.99. The minimum atomic E-state index is 0.209. The van der Waals surface area contributed by atoms with Crippen molar-refractivity contribution in [1.29, 1.82) is 5.41 Å². The molecule has 0 heterocycles. The number of hydrogen-bond donors (Lipinski definition) is 1. The lowest BCUT2D eigenvalue weighted by molar-refractivity contribution is 0.401. The van der Waals surface area contributed by atoms with E-state index in [-0.39, 0.29) is 5.90 Å². The van der Waals surface area contributed by atoms with E-state index in [4.69, 9.17) is 10.1 Å². The van der Waals surface area contributed by atoms with Crippen molar-refractivity contribution in [3.8, 4) is 0 Å². The first-order valence-electron chi connectivity index (χ1n) is 4.02.